The number of carboxylic acid groups (broad SMARTS) is 2. The Morgan fingerprint density at radius 3 is 1.29 bits per heavy atom. The van der Waals surface area contributed by atoms with Crippen molar-refractivity contribution in [3.8, 4) is 0 Å². The molecule has 0 fully saturated rings. The van der Waals surface area contributed by atoms with E-state index in [1.165, 1.54) is 32.1 Å². The van der Waals surface area contributed by atoms with Crippen LogP contribution in [0, 0.1) is 0 Å². The van der Waals surface area contributed by atoms with Gasteiger partial charge in [0.2, 0.25) is 0 Å². The van der Waals surface area contributed by atoms with E-state index < -0.39 is 11.9 Å². The van der Waals surface area contributed by atoms with E-state index in [0.29, 0.717) is 12.8 Å². The first-order chi connectivity index (χ1) is 9.54. The minimum Gasteiger partial charge on any atom is -0.481 e. The van der Waals surface area contributed by atoms with Gasteiger partial charge in [-0.25, -0.2) is 0 Å². The number of hydrogen-bond donors (Lipinski definition) is 2. The molecule has 0 atom stereocenters. The fourth-order valence-corrected chi connectivity index (χ4v) is 1.76. The first-order valence-corrected chi connectivity index (χ1v) is 7.98. The Balaban J connectivity index is -0.000000317. The molecule has 0 aliphatic rings. The van der Waals surface area contributed by atoms with Crippen LogP contribution in [0.2, 0.25) is 0 Å². The molecule has 0 aromatic heterocycles. The van der Waals surface area contributed by atoms with E-state index in [2.05, 4.69) is 13.8 Å². The van der Waals surface area contributed by atoms with Crippen molar-refractivity contribution in [3.63, 3.8) is 0 Å². The fraction of sp³-hybridized carbons (Fsp3) is 0.875. The van der Waals surface area contributed by atoms with Gasteiger partial charge in [0.1, 0.15) is 0 Å². The first kappa shape index (κ1) is 25.5. The van der Waals surface area contributed by atoms with Crippen molar-refractivity contribution in [3.05, 3.63) is 0 Å². The van der Waals surface area contributed by atoms with E-state index in [4.69, 9.17) is 10.2 Å². The molecular weight excluding hydrogens is 322 g/mol. The van der Waals surface area contributed by atoms with Gasteiger partial charge in [-0.1, -0.05) is 65.2 Å². The first-order valence-electron chi connectivity index (χ1n) is 7.98. The Bertz CT molecular complexity index is 232. The minimum absolute atomic E-state index is 0. The van der Waals surface area contributed by atoms with Crippen molar-refractivity contribution >= 4 is 11.9 Å². The molecule has 0 heterocycles. The summed E-state index contributed by atoms with van der Waals surface area (Å²) in [4.78, 5) is 20.0. The summed E-state index contributed by atoms with van der Waals surface area (Å²) < 4.78 is 0. The van der Waals surface area contributed by atoms with Crippen molar-refractivity contribution in [2.24, 2.45) is 0 Å². The molecular formula is C16H32O4Zn. The van der Waals surface area contributed by atoms with Gasteiger partial charge in [0.25, 0.3) is 0 Å². The number of unbranched alkanes of at least 4 members (excludes halogenated alkanes) is 8. The van der Waals surface area contributed by atoms with Crippen LogP contribution >= 0.6 is 0 Å². The Morgan fingerprint density at radius 2 is 0.905 bits per heavy atom. The van der Waals surface area contributed by atoms with Crippen LogP contribution in [0.15, 0.2) is 0 Å². The number of hydrogen-bond acceptors (Lipinski definition) is 2. The topological polar surface area (TPSA) is 74.6 Å². The molecule has 0 aliphatic carbocycles. The van der Waals surface area contributed by atoms with Crippen LogP contribution in [0.5, 0.6) is 0 Å². The standard InChI is InChI=1S/C10H20O2.C6H12O2.Zn/c1-2-3-4-5-6-7-8-9-10(11)12;1-2-3-4-5-6(7)8;/h2-9H2,1H3,(H,11,12);2-5H2,1H3,(H,7,8);. The Morgan fingerprint density at radius 1 is 0.619 bits per heavy atom. The van der Waals surface area contributed by atoms with E-state index in [1.807, 2.05) is 0 Å². The van der Waals surface area contributed by atoms with E-state index >= 15 is 0 Å². The fourth-order valence-electron chi connectivity index (χ4n) is 1.76. The summed E-state index contributed by atoms with van der Waals surface area (Å²) >= 11 is 0. The van der Waals surface area contributed by atoms with Gasteiger partial charge in [-0.05, 0) is 12.8 Å². The maximum Gasteiger partial charge on any atom is 0.303 e. The monoisotopic (exact) mass is 352 g/mol. The number of aliphatic carboxylic acids is 2. The Hall–Kier alpha value is -0.437. The zero-order valence-electron chi connectivity index (χ0n) is 13.9. The normalized spacial score (nSPS) is 9.24. The molecule has 0 saturated carbocycles. The molecule has 122 valence electrons. The predicted octanol–water partition coefficient (Wildman–Crippen LogP) is 4.86. The van der Waals surface area contributed by atoms with Gasteiger partial charge in [-0.15, -0.1) is 0 Å². The van der Waals surface area contributed by atoms with Gasteiger partial charge in [-0.2, -0.15) is 0 Å². The zero-order chi connectivity index (χ0) is 15.6. The average molecular weight is 354 g/mol. The summed E-state index contributed by atoms with van der Waals surface area (Å²) in [6.07, 6.45) is 11.9. The second-order valence-electron chi connectivity index (χ2n) is 5.12. The minimum atomic E-state index is -0.682. The maximum absolute atomic E-state index is 10.1. The predicted molar refractivity (Wildman–Crippen MR) is 82.0 cm³/mol. The van der Waals surface area contributed by atoms with Gasteiger partial charge in [0.05, 0.1) is 0 Å². The van der Waals surface area contributed by atoms with Crippen LogP contribution in [0.4, 0.5) is 0 Å². The summed E-state index contributed by atoms with van der Waals surface area (Å²) in [6, 6.07) is 0. The molecule has 2 N–H and O–H groups in total. The quantitative estimate of drug-likeness (QED) is 0.388. The van der Waals surface area contributed by atoms with Crippen molar-refractivity contribution in [2.45, 2.75) is 90.9 Å². The van der Waals surface area contributed by atoms with Crippen LogP contribution in [-0.4, -0.2) is 22.2 Å². The summed E-state index contributed by atoms with van der Waals surface area (Å²) in [5, 5.41) is 16.5. The molecule has 0 spiro atoms. The summed E-state index contributed by atoms with van der Waals surface area (Å²) in [5.74, 6) is -1.35. The van der Waals surface area contributed by atoms with E-state index in [1.54, 1.807) is 0 Å². The summed E-state index contributed by atoms with van der Waals surface area (Å²) in [6.45, 7) is 4.26. The van der Waals surface area contributed by atoms with Gasteiger partial charge in [-0.3, -0.25) is 9.59 Å². The van der Waals surface area contributed by atoms with Crippen LogP contribution in [-0.2, 0) is 29.1 Å². The molecule has 0 bridgehead atoms. The van der Waals surface area contributed by atoms with Crippen LogP contribution < -0.4 is 0 Å². The van der Waals surface area contributed by atoms with Gasteiger partial charge in [0, 0.05) is 32.3 Å². The molecule has 0 aliphatic heterocycles. The van der Waals surface area contributed by atoms with Crippen molar-refractivity contribution in [1.82, 2.24) is 0 Å². The van der Waals surface area contributed by atoms with Crippen molar-refractivity contribution < 1.29 is 39.3 Å². The second kappa shape index (κ2) is 21.9. The van der Waals surface area contributed by atoms with Gasteiger partial charge in [0.15, 0.2) is 0 Å². The van der Waals surface area contributed by atoms with E-state index in [9.17, 15) is 9.59 Å². The molecule has 0 rings (SSSR count). The smallest absolute Gasteiger partial charge is 0.303 e. The molecule has 4 nitrogen and oxygen atoms in total. The van der Waals surface area contributed by atoms with Gasteiger partial charge >= 0.3 is 11.9 Å². The molecule has 0 saturated heterocycles. The number of rotatable bonds is 12. The molecule has 21 heavy (non-hydrogen) atoms. The number of carboxylic acids is 2. The maximum atomic E-state index is 10.1. The van der Waals surface area contributed by atoms with Crippen LogP contribution in [0.3, 0.4) is 0 Å². The van der Waals surface area contributed by atoms with Crippen molar-refractivity contribution in [2.75, 3.05) is 0 Å². The molecule has 0 aromatic rings. The zero-order valence-corrected chi connectivity index (χ0v) is 16.9. The molecule has 0 aromatic carbocycles. The van der Waals surface area contributed by atoms with E-state index in [-0.39, 0.29) is 19.5 Å². The second-order valence-corrected chi connectivity index (χ2v) is 5.12. The molecule has 0 unspecified atom stereocenters. The SMILES string of the molecule is CCCCCC(=O)O.CCCCCCCCCC(=O)O.[Zn]. The third kappa shape index (κ3) is 32.8. The van der Waals surface area contributed by atoms with Crippen LogP contribution in [0.25, 0.3) is 0 Å². The van der Waals surface area contributed by atoms with Gasteiger partial charge < -0.3 is 10.2 Å². The van der Waals surface area contributed by atoms with Crippen molar-refractivity contribution in [1.29, 1.82) is 0 Å². The van der Waals surface area contributed by atoms with E-state index in [0.717, 1.165) is 32.1 Å². The third-order valence-electron chi connectivity index (χ3n) is 2.99. The van der Waals surface area contributed by atoms with Crippen LogP contribution in [0.1, 0.15) is 90.9 Å². The molecule has 0 amide bonds. The summed E-state index contributed by atoms with van der Waals surface area (Å²) in [5.41, 5.74) is 0. The largest absolute Gasteiger partial charge is 0.481 e. The molecule has 5 heteroatoms. The third-order valence-corrected chi connectivity index (χ3v) is 2.99. The Kier molecular flexibility index (Phi) is 26.6. The molecule has 0 radical (unpaired) electrons. The summed E-state index contributed by atoms with van der Waals surface area (Å²) in [7, 11) is 0. The Labute approximate surface area is 142 Å². The average Bonchev–Trinajstić information content (AvgIpc) is 2.38. The number of carbonyl (C=O) groups is 2.